The van der Waals surface area contributed by atoms with Crippen LogP contribution < -0.4 is 14.1 Å². The average molecular weight is 2080 g/mol. The molecule has 26 nitrogen and oxygen atoms in total. The van der Waals surface area contributed by atoms with Crippen LogP contribution in [0.3, 0.4) is 0 Å². The van der Waals surface area contributed by atoms with Crippen molar-refractivity contribution in [2.24, 2.45) is 0 Å². The molecule has 0 atom stereocenters. The van der Waals surface area contributed by atoms with E-state index >= 15 is 0 Å². The van der Waals surface area contributed by atoms with Crippen LogP contribution in [0.2, 0.25) is 40.2 Å². The van der Waals surface area contributed by atoms with Gasteiger partial charge in [-0.1, -0.05) is 198 Å². The molecule has 0 spiro atoms. The Morgan fingerprint density at radius 1 is 0.405 bits per heavy atom. The molecule has 0 saturated carbocycles. The van der Waals surface area contributed by atoms with Gasteiger partial charge < -0.3 is 43.6 Å². The van der Waals surface area contributed by atoms with Crippen LogP contribution in [0, 0.1) is 0 Å². The zero-order valence-corrected chi connectivity index (χ0v) is 80.1. The highest BCUT2D eigenvalue weighted by Gasteiger charge is 2.38. The summed E-state index contributed by atoms with van der Waals surface area (Å²) in [6.07, 6.45) is -5.08. The first kappa shape index (κ1) is 104. The van der Waals surface area contributed by atoms with E-state index in [9.17, 15) is 32.3 Å². The van der Waals surface area contributed by atoms with E-state index in [2.05, 4.69) is 72.0 Å². The van der Waals surface area contributed by atoms with Crippen LogP contribution in [0.1, 0.15) is 96.6 Å². The number of nitrogens with zero attached hydrogens (tertiary/aromatic N) is 10. The minimum absolute atomic E-state index is 0.0464. The average Bonchev–Trinajstić information content (AvgIpc) is 1.71. The number of benzene rings is 10. The van der Waals surface area contributed by atoms with Crippen LogP contribution in [-0.4, -0.2) is 154 Å². The Kier molecular flexibility index (Phi) is 41.9. The number of ether oxygens (including phenoxy) is 5. The van der Waals surface area contributed by atoms with Crippen molar-refractivity contribution in [2.45, 2.75) is 82.6 Å². The van der Waals surface area contributed by atoms with Crippen LogP contribution in [0.25, 0.3) is 33.4 Å². The largest absolute Gasteiger partial charge is 0.569 e. The second-order valence-corrected chi connectivity index (χ2v) is 34.5. The molecule has 131 heavy (non-hydrogen) atoms. The maximum absolute atomic E-state index is 12.5. The van der Waals surface area contributed by atoms with Crippen molar-refractivity contribution in [2.75, 3.05) is 34.0 Å². The lowest BCUT2D eigenvalue weighted by atomic mass is 10.1. The van der Waals surface area contributed by atoms with Crippen LogP contribution in [0.5, 0.6) is 17.2 Å². The van der Waals surface area contributed by atoms with Gasteiger partial charge in [0.05, 0.1) is 98.7 Å². The molecule has 10 aromatic carbocycles. The summed E-state index contributed by atoms with van der Waals surface area (Å²) in [6.45, 7) is 7.14. The summed E-state index contributed by atoms with van der Waals surface area (Å²) in [4.78, 5) is 60.7. The van der Waals surface area contributed by atoms with Gasteiger partial charge in [0.25, 0.3) is 0 Å². The summed E-state index contributed by atoms with van der Waals surface area (Å²) in [5.41, 5.74) is 11.2. The number of aromatic carboxylic acids is 1. The summed E-state index contributed by atoms with van der Waals surface area (Å²) in [5.74, 6) is -1.23. The highest BCUT2D eigenvalue weighted by Crippen LogP contribution is 2.37. The van der Waals surface area contributed by atoms with Crippen molar-refractivity contribution in [3.63, 3.8) is 0 Å². The fourth-order valence-electron chi connectivity index (χ4n) is 11.0. The molecule has 0 bridgehead atoms. The molecule has 0 unspecified atom stereocenters. The van der Waals surface area contributed by atoms with Crippen LogP contribution >= 0.6 is 156 Å². The first-order valence-corrected chi connectivity index (χ1v) is 46.1. The second kappa shape index (κ2) is 52.7. The number of H-pyrrole nitrogens is 2. The number of esters is 3. The number of nitrogens with one attached hydrogen (secondary N) is 2. The SMILES string of the molecule is CCOC(=O)c1n[nH]nc1CSc1ccc(-c2ccc(Cl)c(Cl)c2)cc1.CCOC(=O)c1nnn(Cc2ccc(OC)cc2)c1CSc1ccc(-c2ccc(Cl)c(Cl)c2)cc1.CCOC(=O)c1nnn(Cc2ccc(OC)cc2)c1CSc1ccc(Br)cc1.O=C(O)C(F)(F)F.O=C(O)c1n[nH]nc1CSc1ccc(-c2ccc(Cl)c(Cl)c2)cc1.O[B]Oc1ccc(Cl)c(Cl)c1. The number of carbonyl (C=O) groups excluding carboxylic acids is 3. The highest BCUT2D eigenvalue weighted by atomic mass is 79.9. The summed E-state index contributed by atoms with van der Waals surface area (Å²) < 4.78 is 66.6. The number of rotatable bonds is 30. The minimum Gasteiger partial charge on any atom is -0.537 e. The number of carboxylic acids is 2. The molecule has 0 aliphatic carbocycles. The lowest BCUT2D eigenvalue weighted by molar-refractivity contribution is -0.192. The third-order valence-corrected chi connectivity index (χ3v) is 25.0. The summed E-state index contributed by atoms with van der Waals surface area (Å²) >= 11 is 57.1. The van der Waals surface area contributed by atoms with Gasteiger partial charge in [-0.2, -0.15) is 33.8 Å². The lowest BCUT2D eigenvalue weighted by Gasteiger charge is -2.10. The van der Waals surface area contributed by atoms with Gasteiger partial charge in [0.15, 0.2) is 22.8 Å². The Labute approximate surface area is 814 Å². The van der Waals surface area contributed by atoms with Crippen molar-refractivity contribution in [3.8, 4) is 50.6 Å². The standard InChI is InChI=1S/C26H23Cl2N3O3S.C20H20BrN3O3S.C18H15Cl2N3O2S.C16H11Cl2N3O2S.C6H4BCl2O2.C2HF3O2/c1-3-34-26(32)25-24(31(30-29-25)15-17-4-9-20(33-2)10-5-17)16-35-21-11-6-18(7-12-21)19-8-13-22(27)23(28)14-19;1-3-27-20(25)19-18(13-28-17-10-6-15(21)7-11-17)24(23-22-19)12-14-4-8-16(26-2)9-5-14;1-2-25-18(24)17-16(21-23-22-17)10-26-13-6-3-11(4-7-13)12-5-8-14(19)15(20)9-12;17-12-6-3-10(7-13(12)18)9-1-4-11(5-2-9)24-8-14-15(16(22)23)20-21-19-14;8-5-2-1-4(11-7-10)3-6(5)9;3-2(4,5)1(6)7/h4-14H,3,15-16H2,1-2H3;4-11H,3,12-13H2,1-2H3;3-9H,2,10H2,1H3,(H,21,22,23);1-7H,8H2,(H,22,23)(H,19,20,21);1-3,10H;(H,6,7). The highest BCUT2D eigenvalue weighted by molar-refractivity contribution is 9.10. The van der Waals surface area contributed by atoms with E-state index in [0.29, 0.717) is 120 Å². The molecule has 681 valence electrons. The van der Waals surface area contributed by atoms with Crippen molar-refractivity contribution >= 4 is 193 Å². The van der Waals surface area contributed by atoms with Crippen molar-refractivity contribution in [1.82, 2.24) is 60.8 Å². The lowest BCUT2D eigenvalue weighted by Crippen LogP contribution is -2.21. The molecular weight excluding hydrogens is 2010 g/mol. The maximum Gasteiger partial charge on any atom is 0.569 e. The maximum atomic E-state index is 12.5. The number of alkyl halides is 3. The zero-order valence-electron chi connectivity index (χ0n) is 69.2. The Morgan fingerprint density at radius 2 is 0.710 bits per heavy atom. The molecule has 14 aromatic rings. The molecule has 0 saturated heterocycles. The summed E-state index contributed by atoms with van der Waals surface area (Å²) in [5, 5.41) is 65.2. The first-order valence-electron chi connectivity index (χ1n) is 38.3. The Bertz CT molecular complexity index is 6130. The molecule has 5 N–H and O–H groups in total. The number of aliphatic carboxylic acids is 1. The number of hydrogen-bond donors (Lipinski definition) is 5. The number of methoxy groups -OCH3 is 2. The number of thioether (sulfide) groups is 4. The Balaban J connectivity index is 0.000000186. The van der Waals surface area contributed by atoms with Gasteiger partial charge in [-0.15, -0.1) is 67.4 Å². The normalized spacial score (nSPS) is 10.7. The van der Waals surface area contributed by atoms with Crippen molar-refractivity contribution in [3.05, 3.63) is 320 Å². The number of hydrogen-bond acceptors (Lipinski definition) is 24. The van der Waals surface area contributed by atoms with E-state index in [4.69, 9.17) is 137 Å². The van der Waals surface area contributed by atoms with E-state index in [0.717, 1.165) is 85.8 Å². The predicted molar refractivity (Wildman–Crippen MR) is 509 cm³/mol. The predicted octanol–water partition coefficient (Wildman–Crippen LogP) is 23.9. The monoisotopic (exact) mass is 2080 g/mol. The summed E-state index contributed by atoms with van der Waals surface area (Å²) in [7, 11) is 3.85. The topological polar surface area (TPSA) is 346 Å². The molecule has 0 aliphatic heterocycles. The number of aromatic amines is 2. The van der Waals surface area contributed by atoms with Crippen LogP contribution in [-0.2, 0) is 55.1 Å². The third kappa shape index (κ3) is 32.5. The van der Waals surface area contributed by atoms with Crippen LogP contribution in [0.15, 0.2) is 242 Å². The third-order valence-electron chi connectivity index (χ3n) is 17.5. The molecule has 1 radical (unpaired) electrons. The number of carboxylic acid groups (broad SMARTS) is 2. The van der Waals surface area contributed by atoms with Gasteiger partial charge in [-0.3, -0.25) is 0 Å². The van der Waals surface area contributed by atoms with Crippen molar-refractivity contribution in [1.29, 1.82) is 0 Å². The molecule has 0 amide bonds. The molecule has 4 aromatic heterocycles. The van der Waals surface area contributed by atoms with E-state index in [1.165, 1.54) is 17.8 Å². The molecule has 4 heterocycles. The molecule has 0 aliphatic rings. The quantitative estimate of drug-likeness (QED) is 0.0121. The van der Waals surface area contributed by atoms with E-state index < -0.39 is 36.0 Å². The van der Waals surface area contributed by atoms with Gasteiger partial charge in [-0.25, -0.2) is 33.3 Å². The van der Waals surface area contributed by atoms with E-state index in [1.807, 2.05) is 182 Å². The molecule has 43 heteroatoms. The first-order chi connectivity index (χ1) is 62.9. The van der Waals surface area contributed by atoms with Gasteiger partial charge in [-0.05, 0) is 205 Å². The number of carbonyl (C=O) groups is 5. The molecule has 0 fully saturated rings. The van der Waals surface area contributed by atoms with Gasteiger partial charge >= 0.3 is 43.7 Å². The Hall–Kier alpha value is -10.5. The fraction of sp³-hybridized carbons (Fsp3) is 0.170. The fourth-order valence-corrected chi connectivity index (χ4v) is 15.9. The zero-order chi connectivity index (χ0) is 94.7. The van der Waals surface area contributed by atoms with Gasteiger partial charge in [0, 0.05) is 47.1 Å². The smallest absolute Gasteiger partial charge is 0.537 e. The van der Waals surface area contributed by atoms with Gasteiger partial charge in [0.2, 0.25) is 0 Å². The number of halogens is 12. The van der Waals surface area contributed by atoms with Crippen molar-refractivity contribution < 1.29 is 80.7 Å². The van der Waals surface area contributed by atoms with E-state index in [-0.39, 0.29) is 29.4 Å². The number of aromatic nitrogens is 12. The Morgan fingerprint density at radius 3 is 1.03 bits per heavy atom. The summed E-state index contributed by atoms with van der Waals surface area (Å²) in [6, 6.07) is 68.8. The molecule has 14 rings (SSSR count). The molecular formula is C88H74BBrCl8F3N12O14S4. The van der Waals surface area contributed by atoms with E-state index in [1.54, 1.807) is 110 Å². The second-order valence-electron chi connectivity index (χ2n) is 26.2. The van der Waals surface area contributed by atoms with Gasteiger partial charge in [0.1, 0.15) is 28.6 Å². The van der Waals surface area contributed by atoms with Crippen LogP contribution in [0.4, 0.5) is 13.2 Å². The minimum atomic E-state index is -5.08.